The molecule has 3 nitrogen and oxygen atoms in total. The van der Waals surface area contributed by atoms with Gasteiger partial charge in [-0.1, -0.05) is 36.4 Å². The van der Waals surface area contributed by atoms with Crippen LogP contribution in [0, 0.1) is 5.82 Å². The first-order chi connectivity index (χ1) is 11.6. The van der Waals surface area contributed by atoms with Crippen LogP contribution in [0.25, 0.3) is 0 Å². The smallest absolute Gasteiger partial charge is 0.305 e. The van der Waals surface area contributed by atoms with Crippen LogP contribution in [0.4, 0.5) is 4.39 Å². The molecule has 0 saturated heterocycles. The Bertz CT molecular complexity index is 652. The van der Waals surface area contributed by atoms with Gasteiger partial charge in [0.25, 0.3) is 0 Å². The maximum atomic E-state index is 13.1. The van der Waals surface area contributed by atoms with Crippen LogP contribution in [0.2, 0.25) is 0 Å². The van der Waals surface area contributed by atoms with Crippen LogP contribution in [-0.4, -0.2) is 18.2 Å². The number of aryl methyl sites for hydroxylation is 2. The fourth-order valence-electron chi connectivity index (χ4n) is 2.61. The van der Waals surface area contributed by atoms with Crippen molar-refractivity contribution in [1.29, 1.82) is 0 Å². The fraction of sp³-hybridized carbons (Fsp3) is 0.350. The molecule has 0 aromatic heterocycles. The van der Waals surface area contributed by atoms with Gasteiger partial charge in [0.15, 0.2) is 0 Å². The molecule has 2 rings (SSSR count). The summed E-state index contributed by atoms with van der Waals surface area (Å²) in [4.78, 5) is 11.1. The number of methoxy groups -OCH3 is 1. The Morgan fingerprint density at radius 2 is 1.88 bits per heavy atom. The van der Waals surface area contributed by atoms with Gasteiger partial charge in [0.1, 0.15) is 5.82 Å². The zero-order valence-electron chi connectivity index (χ0n) is 13.9. The van der Waals surface area contributed by atoms with Crippen LogP contribution < -0.4 is 0 Å². The second-order valence-electron chi connectivity index (χ2n) is 5.86. The molecule has 0 heterocycles. The zero-order chi connectivity index (χ0) is 17.4. The maximum absolute atomic E-state index is 13.1. The van der Waals surface area contributed by atoms with Gasteiger partial charge in [-0.15, -0.1) is 0 Å². The third-order valence-electron chi connectivity index (χ3n) is 4.03. The SMILES string of the molecule is COC(=O)CCCc1ccc(C(O)CCc2cccc(F)c2)cc1. The quantitative estimate of drug-likeness (QED) is 0.745. The first-order valence-electron chi connectivity index (χ1n) is 8.16. The fourth-order valence-corrected chi connectivity index (χ4v) is 2.61. The van der Waals surface area contributed by atoms with Gasteiger partial charge in [-0.05, 0) is 54.5 Å². The lowest BCUT2D eigenvalue weighted by Gasteiger charge is -2.12. The van der Waals surface area contributed by atoms with Gasteiger partial charge in [-0.3, -0.25) is 4.79 Å². The Hall–Kier alpha value is -2.20. The molecule has 0 aliphatic carbocycles. The molecule has 2 aromatic carbocycles. The second-order valence-corrected chi connectivity index (χ2v) is 5.86. The number of aliphatic hydroxyl groups excluding tert-OH is 1. The summed E-state index contributed by atoms with van der Waals surface area (Å²) < 4.78 is 17.8. The molecule has 128 valence electrons. The number of carbonyl (C=O) groups is 1. The van der Waals surface area contributed by atoms with E-state index in [0.29, 0.717) is 19.3 Å². The largest absolute Gasteiger partial charge is 0.469 e. The summed E-state index contributed by atoms with van der Waals surface area (Å²) in [5.41, 5.74) is 2.86. The summed E-state index contributed by atoms with van der Waals surface area (Å²) in [5.74, 6) is -0.447. The van der Waals surface area contributed by atoms with Gasteiger partial charge >= 0.3 is 5.97 Å². The van der Waals surface area contributed by atoms with Gasteiger partial charge in [0.2, 0.25) is 0 Å². The first kappa shape index (κ1) is 18.1. The topological polar surface area (TPSA) is 46.5 Å². The highest BCUT2D eigenvalue weighted by Crippen LogP contribution is 2.20. The second kappa shape index (κ2) is 9.18. The highest BCUT2D eigenvalue weighted by molar-refractivity contribution is 5.69. The molecule has 1 atom stereocenters. The molecule has 0 aliphatic heterocycles. The van der Waals surface area contributed by atoms with Crippen molar-refractivity contribution in [2.75, 3.05) is 7.11 Å². The van der Waals surface area contributed by atoms with E-state index in [9.17, 15) is 14.3 Å². The Kier molecular flexibility index (Phi) is 6.94. The third-order valence-corrected chi connectivity index (χ3v) is 4.03. The van der Waals surface area contributed by atoms with Crippen molar-refractivity contribution in [3.8, 4) is 0 Å². The van der Waals surface area contributed by atoms with Crippen molar-refractivity contribution in [3.63, 3.8) is 0 Å². The molecule has 0 amide bonds. The Morgan fingerprint density at radius 1 is 1.12 bits per heavy atom. The molecule has 0 radical (unpaired) electrons. The first-order valence-corrected chi connectivity index (χ1v) is 8.16. The molecular formula is C20H23FO3. The van der Waals surface area contributed by atoms with Crippen LogP contribution in [0.1, 0.15) is 42.1 Å². The van der Waals surface area contributed by atoms with Gasteiger partial charge < -0.3 is 9.84 Å². The van der Waals surface area contributed by atoms with Gasteiger partial charge in [-0.25, -0.2) is 4.39 Å². The predicted octanol–water partition coefficient (Wildman–Crippen LogP) is 3.99. The zero-order valence-corrected chi connectivity index (χ0v) is 13.9. The van der Waals surface area contributed by atoms with E-state index in [1.54, 1.807) is 6.07 Å². The summed E-state index contributed by atoms with van der Waals surface area (Å²) in [6.07, 6.45) is 2.56. The summed E-state index contributed by atoms with van der Waals surface area (Å²) in [6, 6.07) is 14.2. The molecule has 0 bridgehead atoms. The molecule has 0 spiro atoms. The number of hydrogen-bond donors (Lipinski definition) is 1. The van der Waals surface area contributed by atoms with Crippen molar-refractivity contribution < 1.29 is 19.0 Å². The van der Waals surface area contributed by atoms with Crippen LogP contribution in [0.15, 0.2) is 48.5 Å². The van der Waals surface area contributed by atoms with E-state index in [4.69, 9.17) is 0 Å². The number of ether oxygens (including phenoxy) is 1. The molecule has 24 heavy (non-hydrogen) atoms. The van der Waals surface area contributed by atoms with Crippen LogP contribution >= 0.6 is 0 Å². The van der Waals surface area contributed by atoms with E-state index in [-0.39, 0.29) is 11.8 Å². The average Bonchev–Trinajstić information content (AvgIpc) is 2.60. The summed E-state index contributed by atoms with van der Waals surface area (Å²) >= 11 is 0. The van der Waals surface area contributed by atoms with Gasteiger partial charge in [-0.2, -0.15) is 0 Å². The van der Waals surface area contributed by atoms with E-state index in [1.165, 1.54) is 19.2 Å². The highest BCUT2D eigenvalue weighted by Gasteiger charge is 2.08. The Morgan fingerprint density at radius 3 is 2.54 bits per heavy atom. The van der Waals surface area contributed by atoms with Crippen molar-refractivity contribution in [3.05, 3.63) is 71.0 Å². The van der Waals surface area contributed by atoms with Crippen molar-refractivity contribution in [2.24, 2.45) is 0 Å². The molecule has 0 saturated carbocycles. The lowest BCUT2D eigenvalue weighted by Crippen LogP contribution is -2.02. The molecule has 0 fully saturated rings. The lowest BCUT2D eigenvalue weighted by atomic mass is 9.99. The number of rotatable bonds is 8. The predicted molar refractivity (Wildman–Crippen MR) is 91.1 cm³/mol. The van der Waals surface area contributed by atoms with E-state index in [0.717, 1.165) is 29.5 Å². The molecular weight excluding hydrogens is 307 g/mol. The molecule has 4 heteroatoms. The summed E-state index contributed by atoms with van der Waals surface area (Å²) in [6.45, 7) is 0. The number of carbonyl (C=O) groups excluding carboxylic acids is 1. The minimum atomic E-state index is -0.572. The maximum Gasteiger partial charge on any atom is 0.305 e. The Labute approximate surface area is 142 Å². The standard InChI is InChI=1S/C20H23FO3/c1-24-20(23)7-3-4-15-8-11-17(12-9-15)19(22)13-10-16-5-2-6-18(21)14-16/h2,5-6,8-9,11-12,14,19,22H,3-4,7,10,13H2,1H3. The number of esters is 1. The summed E-state index contributed by atoms with van der Waals surface area (Å²) in [5, 5.41) is 10.3. The van der Waals surface area contributed by atoms with Crippen molar-refractivity contribution in [1.82, 2.24) is 0 Å². The number of benzene rings is 2. The van der Waals surface area contributed by atoms with Crippen molar-refractivity contribution in [2.45, 2.75) is 38.2 Å². The molecule has 2 aromatic rings. The summed E-state index contributed by atoms with van der Waals surface area (Å²) in [7, 11) is 1.39. The lowest BCUT2D eigenvalue weighted by molar-refractivity contribution is -0.140. The minimum Gasteiger partial charge on any atom is -0.469 e. The number of aliphatic hydroxyl groups is 1. The van der Waals surface area contributed by atoms with Crippen molar-refractivity contribution >= 4 is 5.97 Å². The normalized spacial score (nSPS) is 12.0. The Balaban J connectivity index is 1.82. The highest BCUT2D eigenvalue weighted by atomic mass is 19.1. The van der Waals surface area contributed by atoms with E-state index >= 15 is 0 Å². The molecule has 1 N–H and O–H groups in total. The average molecular weight is 330 g/mol. The third kappa shape index (κ3) is 5.78. The van der Waals surface area contributed by atoms with Crippen LogP contribution in [0.5, 0.6) is 0 Å². The molecule has 0 aliphatic rings. The van der Waals surface area contributed by atoms with Gasteiger partial charge in [0, 0.05) is 6.42 Å². The minimum absolute atomic E-state index is 0.195. The number of halogens is 1. The monoisotopic (exact) mass is 330 g/mol. The molecule has 1 unspecified atom stereocenters. The van der Waals surface area contributed by atoms with Gasteiger partial charge in [0.05, 0.1) is 13.2 Å². The van der Waals surface area contributed by atoms with E-state index in [2.05, 4.69) is 4.74 Å². The van der Waals surface area contributed by atoms with E-state index < -0.39 is 6.10 Å². The number of hydrogen-bond acceptors (Lipinski definition) is 3. The van der Waals surface area contributed by atoms with E-state index in [1.807, 2.05) is 30.3 Å². The van der Waals surface area contributed by atoms with Crippen LogP contribution in [0.3, 0.4) is 0 Å². The van der Waals surface area contributed by atoms with Crippen LogP contribution in [-0.2, 0) is 22.4 Å².